The first kappa shape index (κ1) is 25.3. The van der Waals surface area contributed by atoms with Crippen molar-refractivity contribution < 1.29 is 4.79 Å². The van der Waals surface area contributed by atoms with Crippen molar-refractivity contribution in [1.82, 2.24) is 19.6 Å². The molecule has 0 spiro atoms. The summed E-state index contributed by atoms with van der Waals surface area (Å²) in [5.41, 5.74) is 1.94. The second-order valence-corrected chi connectivity index (χ2v) is 7.95. The average Bonchev–Trinajstić information content (AvgIpc) is 3.24. The van der Waals surface area contributed by atoms with Crippen LogP contribution in [0.5, 0.6) is 0 Å². The van der Waals surface area contributed by atoms with Gasteiger partial charge in [0, 0.05) is 69.8 Å². The Kier molecular flexibility index (Phi) is 10.4. The Labute approximate surface area is 205 Å². The minimum absolute atomic E-state index is 0. The SMILES string of the molecule is CCCC(=O)Nc1cccc(CNC(=NC)N2CCN(c3nc(CC)ns3)CC2)c1.I. The first-order valence-corrected chi connectivity index (χ1v) is 11.3. The number of carbonyl (C=O) groups excluding carboxylic acids is 1. The Hall–Kier alpha value is -1.95. The summed E-state index contributed by atoms with van der Waals surface area (Å²) in [6.07, 6.45) is 2.25. The van der Waals surface area contributed by atoms with Crippen LogP contribution in [0, 0.1) is 0 Å². The van der Waals surface area contributed by atoms with E-state index in [4.69, 9.17) is 0 Å². The highest BCUT2D eigenvalue weighted by Gasteiger charge is 2.22. The molecule has 0 radical (unpaired) electrons. The predicted octanol–water partition coefficient (Wildman–Crippen LogP) is 3.35. The van der Waals surface area contributed by atoms with Crippen molar-refractivity contribution in [2.45, 2.75) is 39.7 Å². The van der Waals surface area contributed by atoms with Crippen LogP contribution in [-0.2, 0) is 17.8 Å². The zero-order chi connectivity index (χ0) is 21.3. The fourth-order valence-electron chi connectivity index (χ4n) is 3.35. The predicted molar refractivity (Wildman–Crippen MR) is 139 cm³/mol. The summed E-state index contributed by atoms with van der Waals surface area (Å²) < 4.78 is 4.39. The second-order valence-electron chi connectivity index (χ2n) is 7.22. The lowest BCUT2D eigenvalue weighted by atomic mass is 10.2. The molecule has 8 nitrogen and oxygen atoms in total. The highest BCUT2D eigenvalue weighted by atomic mass is 127. The van der Waals surface area contributed by atoms with Crippen molar-refractivity contribution in [3.8, 4) is 0 Å². The van der Waals surface area contributed by atoms with Gasteiger partial charge in [-0.1, -0.05) is 26.0 Å². The summed E-state index contributed by atoms with van der Waals surface area (Å²) in [6, 6.07) is 7.94. The van der Waals surface area contributed by atoms with Gasteiger partial charge in [-0.15, -0.1) is 24.0 Å². The van der Waals surface area contributed by atoms with E-state index in [1.807, 2.05) is 32.2 Å². The number of guanidine groups is 1. The molecule has 1 aliphatic rings. The number of aliphatic imine (C=N–C) groups is 1. The van der Waals surface area contributed by atoms with Crippen molar-refractivity contribution >= 4 is 58.2 Å². The van der Waals surface area contributed by atoms with E-state index < -0.39 is 0 Å². The molecule has 2 aromatic rings. The Bertz CT molecular complexity index is 865. The van der Waals surface area contributed by atoms with E-state index in [-0.39, 0.29) is 29.9 Å². The maximum atomic E-state index is 11.8. The van der Waals surface area contributed by atoms with Crippen LogP contribution in [0.15, 0.2) is 29.3 Å². The molecular weight excluding hydrogens is 525 g/mol. The van der Waals surface area contributed by atoms with Crippen molar-refractivity contribution in [3.63, 3.8) is 0 Å². The molecule has 31 heavy (non-hydrogen) atoms. The number of hydrogen-bond acceptors (Lipinski definition) is 6. The van der Waals surface area contributed by atoms with Gasteiger partial charge in [-0.2, -0.15) is 4.37 Å². The van der Waals surface area contributed by atoms with Gasteiger partial charge in [-0.25, -0.2) is 4.98 Å². The first-order valence-electron chi connectivity index (χ1n) is 10.5. The van der Waals surface area contributed by atoms with Crippen LogP contribution >= 0.6 is 35.5 Å². The number of aryl methyl sites for hydroxylation is 1. The molecule has 0 aliphatic carbocycles. The topological polar surface area (TPSA) is 85.8 Å². The molecule has 1 fully saturated rings. The van der Waals surface area contributed by atoms with Gasteiger partial charge in [-0.05, 0) is 24.1 Å². The minimum Gasteiger partial charge on any atom is -0.352 e. The van der Waals surface area contributed by atoms with Crippen LogP contribution in [0.1, 0.15) is 38.1 Å². The van der Waals surface area contributed by atoms with Crippen molar-refractivity contribution in [1.29, 1.82) is 0 Å². The van der Waals surface area contributed by atoms with Crippen LogP contribution in [0.2, 0.25) is 0 Å². The second kappa shape index (κ2) is 12.8. The summed E-state index contributed by atoms with van der Waals surface area (Å²) in [7, 11) is 1.81. The molecule has 3 rings (SSSR count). The van der Waals surface area contributed by atoms with Gasteiger partial charge in [0.15, 0.2) is 5.96 Å². The monoisotopic (exact) mass is 557 g/mol. The Morgan fingerprint density at radius 1 is 1.23 bits per heavy atom. The first-order chi connectivity index (χ1) is 14.6. The van der Waals surface area contributed by atoms with Crippen LogP contribution < -0.4 is 15.5 Å². The lowest BCUT2D eigenvalue weighted by Gasteiger charge is -2.36. The third-order valence-electron chi connectivity index (χ3n) is 4.97. The van der Waals surface area contributed by atoms with Crippen molar-refractivity contribution in [3.05, 3.63) is 35.7 Å². The largest absolute Gasteiger partial charge is 0.352 e. The zero-order valence-electron chi connectivity index (χ0n) is 18.4. The third-order valence-corrected chi connectivity index (χ3v) is 5.79. The molecule has 0 atom stereocenters. The summed E-state index contributed by atoms with van der Waals surface area (Å²) in [4.78, 5) is 25.4. The van der Waals surface area contributed by atoms with Gasteiger partial charge < -0.3 is 20.4 Å². The van der Waals surface area contributed by atoms with E-state index in [0.29, 0.717) is 13.0 Å². The van der Waals surface area contributed by atoms with Gasteiger partial charge in [0.25, 0.3) is 0 Å². The van der Waals surface area contributed by atoms with Gasteiger partial charge in [-0.3, -0.25) is 9.79 Å². The molecule has 0 saturated carbocycles. The molecule has 0 bridgehead atoms. The van der Waals surface area contributed by atoms with E-state index in [0.717, 1.165) is 67.2 Å². The van der Waals surface area contributed by atoms with E-state index >= 15 is 0 Å². The van der Waals surface area contributed by atoms with Gasteiger partial charge in [0.2, 0.25) is 11.0 Å². The molecule has 1 aromatic carbocycles. The van der Waals surface area contributed by atoms with E-state index in [1.165, 1.54) is 11.5 Å². The Morgan fingerprint density at radius 2 is 2.00 bits per heavy atom. The Morgan fingerprint density at radius 3 is 2.65 bits per heavy atom. The number of nitrogens with one attached hydrogen (secondary N) is 2. The summed E-state index contributed by atoms with van der Waals surface area (Å²) in [5.74, 6) is 1.86. The molecule has 2 N–H and O–H groups in total. The number of nitrogens with zero attached hydrogens (tertiary/aromatic N) is 5. The van der Waals surface area contributed by atoms with Gasteiger partial charge in [0.05, 0.1) is 0 Å². The molecule has 1 aliphatic heterocycles. The quantitative estimate of drug-likeness (QED) is 0.309. The number of carbonyl (C=O) groups is 1. The highest BCUT2D eigenvalue weighted by molar-refractivity contribution is 14.0. The smallest absolute Gasteiger partial charge is 0.224 e. The Balaban J connectivity index is 0.00000341. The number of halogens is 1. The normalized spacial score (nSPS) is 14.2. The number of piperazine rings is 1. The highest BCUT2D eigenvalue weighted by Crippen LogP contribution is 2.19. The van der Waals surface area contributed by atoms with Gasteiger partial charge >= 0.3 is 0 Å². The van der Waals surface area contributed by atoms with Crippen molar-refractivity contribution in [2.24, 2.45) is 4.99 Å². The summed E-state index contributed by atoms with van der Waals surface area (Å²) in [5, 5.41) is 7.41. The lowest BCUT2D eigenvalue weighted by molar-refractivity contribution is -0.116. The number of rotatable bonds is 7. The van der Waals surface area contributed by atoms with E-state index in [2.05, 4.69) is 47.8 Å². The number of anilines is 2. The number of amides is 1. The van der Waals surface area contributed by atoms with Crippen LogP contribution in [0.3, 0.4) is 0 Å². The standard InChI is InChI=1S/C21H31N7OS.HI/c1-4-7-19(29)24-17-9-6-8-16(14-17)15-23-20(22-3)27-10-12-28(13-11-27)21-25-18(5-2)26-30-21;/h6,8-9,14H,4-5,7,10-13,15H2,1-3H3,(H,22,23)(H,24,29);1H. The molecule has 2 heterocycles. The summed E-state index contributed by atoms with van der Waals surface area (Å²) in [6.45, 7) is 8.30. The van der Waals surface area contributed by atoms with Crippen LogP contribution in [-0.4, -0.2) is 59.4 Å². The minimum atomic E-state index is 0. The molecule has 1 aromatic heterocycles. The summed E-state index contributed by atoms with van der Waals surface area (Å²) >= 11 is 1.48. The van der Waals surface area contributed by atoms with E-state index in [1.54, 1.807) is 0 Å². The molecule has 0 unspecified atom stereocenters. The van der Waals surface area contributed by atoms with Gasteiger partial charge in [0.1, 0.15) is 5.82 Å². The molecule has 170 valence electrons. The fraction of sp³-hybridized carbons (Fsp3) is 0.524. The number of hydrogen-bond donors (Lipinski definition) is 2. The maximum absolute atomic E-state index is 11.8. The van der Waals surface area contributed by atoms with Crippen molar-refractivity contribution in [2.75, 3.05) is 43.4 Å². The molecular formula is C21H32IN7OS. The fourth-order valence-corrected chi connectivity index (χ4v) is 4.15. The molecule has 1 saturated heterocycles. The number of aromatic nitrogens is 2. The lowest BCUT2D eigenvalue weighted by Crippen LogP contribution is -2.52. The van der Waals surface area contributed by atoms with Crippen LogP contribution in [0.4, 0.5) is 10.8 Å². The van der Waals surface area contributed by atoms with E-state index in [9.17, 15) is 4.79 Å². The third kappa shape index (κ3) is 7.30. The maximum Gasteiger partial charge on any atom is 0.224 e. The number of benzene rings is 1. The average molecular weight is 558 g/mol. The molecule has 10 heteroatoms. The van der Waals surface area contributed by atoms with Crippen LogP contribution in [0.25, 0.3) is 0 Å². The zero-order valence-corrected chi connectivity index (χ0v) is 21.6. The molecule has 1 amide bonds.